The Morgan fingerprint density at radius 3 is 2.89 bits per heavy atom. The Bertz CT molecular complexity index is 578. The lowest BCUT2D eigenvalue weighted by Gasteiger charge is -2.02. The zero-order valence-electron chi connectivity index (χ0n) is 11.4. The van der Waals surface area contributed by atoms with Crippen LogP contribution in [-0.2, 0) is 11.2 Å². The molecule has 0 saturated heterocycles. The quantitative estimate of drug-likeness (QED) is 0.825. The second kappa shape index (κ2) is 5.73. The largest absolute Gasteiger partial charge is 0.338 e. The Balaban J connectivity index is 2.33. The van der Waals surface area contributed by atoms with E-state index in [0.29, 0.717) is 18.1 Å². The maximum absolute atomic E-state index is 11.6. The molecule has 0 aliphatic carbocycles. The van der Waals surface area contributed by atoms with Crippen LogP contribution >= 0.6 is 0 Å². The van der Waals surface area contributed by atoms with Gasteiger partial charge < -0.3 is 4.52 Å². The average Bonchev–Trinajstić information content (AvgIpc) is 2.95. The molecule has 2 aromatic heterocycles. The van der Waals surface area contributed by atoms with Gasteiger partial charge in [-0.2, -0.15) is 4.98 Å². The topological polar surface area (TPSA) is 68.9 Å². The molecule has 2 rings (SSSR count). The van der Waals surface area contributed by atoms with Crippen molar-refractivity contribution in [3.63, 3.8) is 0 Å². The molecule has 0 radical (unpaired) electrons. The van der Waals surface area contributed by atoms with Crippen LogP contribution in [0.15, 0.2) is 23.0 Å². The standard InChI is InChI=1S/C14H17N3O2/c1-4-10-8-15-7-6-11(10)13-16-14(19-17-13)9(3)12(18)5-2/h6-9H,4-5H2,1-3H3. The fourth-order valence-corrected chi connectivity index (χ4v) is 1.89. The molecule has 0 N–H and O–H groups in total. The van der Waals surface area contributed by atoms with Crippen LogP contribution in [0, 0.1) is 0 Å². The zero-order valence-corrected chi connectivity index (χ0v) is 11.4. The minimum Gasteiger partial charge on any atom is -0.338 e. The third kappa shape index (κ3) is 2.70. The molecule has 2 heterocycles. The molecule has 0 aliphatic rings. The number of ketones is 1. The second-order valence-corrected chi connectivity index (χ2v) is 4.38. The molecule has 0 saturated carbocycles. The zero-order chi connectivity index (χ0) is 13.8. The van der Waals surface area contributed by atoms with Crippen LogP contribution in [0.1, 0.15) is 44.6 Å². The fourth-order valence-electron chi connectivity index (χ4n) is 1.89. The van der Waals surface area contributed by atoms with Gasteiger partial charge in [0.2, 0.25) is 11.7 Å². The summed E-state index contributed by atoms with van der Waals surface area (Å²) in [6.07, 6.45) is 4.81. The number of aryl methyl sites for hydroxylation is 1. The van der Waals surface area contributed by atoms with Crippen LogP contribution in [-0.4, -0.2) is 20.9 Å². The summed E-state index contributed by atoms with van der Waals surface area (Å²) >= 11 is 0. The van der Waals surface area contributed by atoms with Crippen molar-refractivity contribution in [2.24, 2.45) is 0 Å². The number of hydrogen-bond donors (Lipinski definition) is 0. The molecule has 19 heavy (non-hydrogen) atoms. The summed E-state index contributed by atoms with van der Waals surface area (Å²) in [5.41, 5.74) is 1.97. The Morgan fingerprint density at radius 2 is 2.21 bits per heavy atom. The highest BCUT2D eigenvalue weighted by Gasteiger charge is 2.21. The number of carbonyl (C=O) groups excluding carboxylic acids is 1. The average molecular weight is 259 g/mol. The first-order valence-corrected chi connectivity index (χ1v) is 6.46. The first kappa shape index (κ1) is 13.4. The summed E-state index contributed by atoms with van der Waals surface area (Å²) in [5, 5.41) is 3.97. The number of rotatable bonds is 5. The molecule has 0 aliphatic heterocycles. The van der Waals surface area contributed by atoms with Crippen LogP contribution in [0.25, 0.3) is 11.4 Å². The number of Topliss-reactive ketones (excluding diaryl/α,β-unsaturated/α-hetero) is 1. The summed E-state index contributed by atoms with van der Waals surface area (Å²) in [6, 6.07) is 1.86. The summed E-state index contributed by atoms with van der Waals surface area (Å²) in [5.74, 6) is 0.643. The van der Waals surface area contributed by atoms with E-state index in [1.165, 1.54) is 0 Å². The van der Waals surface area contributed by atoms with Crippen molar-refractivity contribution in [3.05, 3.63) is 29.9 Å². The van der Waals surface area contributed by atoms with E-state index in [2.05, 4.69) is 15.1 Å². The number of nitrogens with zero attached hydrogens (tertiary/aromatic N) is 3. The van der Waals surface area contributed by atoms with Gasteiger partial charge in [-0.1, -0.05) is 19.0 Å². The van der Waals surface area contributed by atoms with Crippen LogP contribution < -0.4 is 0 Å². The molecule has 0 fully saturated rings. The number of pyridine rings is 1. The van der Waals surface area contributed by atoms with Gasteiger partial charge in [-0.15, -0.1) is 0 Å². The lowest BCUT2D eigenvalue weighted by molar-refractivity contribution is -0.120. The van der Waals surface area contributed by atoms with Crippen molar-refractivity contribution in [2.45, 2.75) is 39.5 Å². The van der Waals surface area contributed by atoms with Gasteiger partial charge in [0, 0.05) is 24.4 Å². The van der Waals surface area contributed by atoms with E-state index in [1.807, 2.05) is 19.9 Å². The van der Waals surface area contributed by atoms with E-state index in [-0.39, 0.29) is 11.7 Å². The third-order valence-corrected chi connectivity index (χ3v) is 3.17. The van der Waals surface area contributed by atoms with E-state index < -0.39 is 0 Å². The Labute approximate surface area is 112 Å². The maximum Gasteiger partial charge on any atom is 0.237 e. The summed E-state index contributed by atoms with van der Waals surface area (Å²) in [7, 11) is 0. The summed E-state index contributed by atoms with van der Waals surface area (Å²) in [4.78, 5) is 20.1. The Kier molecular flexibility index (Phi) is 4.04. The fraction of sp³-hybridized carbons (Fsp3) is 0.429. The van der Waals surface area contributed by atoms with Crippen molar-refractivity contribution < 1.29 is 9.32 Å². The van der Waals surface area contributed by atoms with Crippen molar-refractivity contribution in [1.82, 2.24) is 15.1 Å². The molecule has 5 nitrogen and oxygen atoms in total. The molecule has 0 bridgehead atoms. The normalized spacial score (nSPS) is 12.4. The molecule has 0 spiro atoms. The predicted molar refractivity (Wildman–Crippen MR) is 70.6 cm³/mol. The van der Waals surface area contributed by atoms with Gasteiger partial charge in [0.25, 0.3) is 0 Å². The maximum atomic E-state index is 11.6. The molecular weight excluding hydrogens is 242 g/mol. The minimum atomic E-state index is -0.349. The number of hydrogen-bond acceptors (Lipinski definition) is 5. The first-order chi connectivity index (χ1) is 9.17. The van der Waals surface area contributed by atoms with Gasteiger partial charge >= 0.3 is 0 Å². The van der Waals surface area contributed by atoms with Gasteiger partial charge in [-0.05, 0) is 25.0 Å². The smallest absolute Gasteiger partial charge is 0.237 e. The molecule has 5 heteroatoms. The molecule has 0 amide bonds. The predicted octanol–water partition coefficient (Wildman–Crippen LogP) is 2.78. The van der Waals surface area contributed by atoms with Crippen molar-refractivity contribution in [2.75, 3.05) is 0 Å². The molecular formula is C14H17N3O2. The Morgan fingerprint density at radius 1 is 1.42 bits per heavy atom. The van der Waals surface area contributed by atoms with Crippen LogP contribution in [0.2, 0.25) is 0 Å². The molecule has 0 aromatic carbocycles. The van der Waals surface area contributed by atoms with E-state index in [4.69, 9.17) is 4.52 Å². The van der Waals surface area contributed by atoms with Crippen LogP contribution in [0.4, 0.5) is 0 Å². The monoisotopic (exact) mass is 259 g/mol. The highest BCUT2D eigenvalue weighted by molar-refractivity contribution is 5.84. The van der Waals surface area contributed by atoms with Crippen LogP contribution in [0.3, 0.4) is 0 Å². The van der Waals surface area contributed by atoms with E-state index in [9.17, 15) is 4.79 Å². The highest BCUT2D eigenvalue weighted by Crippen LogP contribution is 2.23. The van der Waals surface area contributed by atoms with Crippen LogP contribution in [0.5, 0.6) is 0 Å². The first-order valence-electron chi connectivity index (χ1n) is 6.46. The molecule has 100 valence electrons. The van der Waals surface area contributed by atoms with E-state index in [1.54, 1.807) is 19.3 Å². The van der Waals surface area contributed by atoms with Gasteiger partial charge in [0.1, 0.15) is 5.78 Å². The summed E-state index contributed by atoms with van der Waals surface area (Å²) in [6.45, 7) is 5.66. The van der Waals surface area contributed by atoms with Crippen molar-refractivity contribution >= 4 is 5.78 Å². The number of carbonyl (C=O) groups is 1. The molecule has 1 unspecified atom stereocenters. The minimum absolute atomic E-state index is 0.0978. The second-order valence-electron chi connectivity index (χ2n) is 4.38. The van der Waals surface area contributed by atoms with Crippen molar-refractivity contribution in [3.8, 4) is 11.4 Å². The summed E-state index contributed by atoms with van der Waals surface area (Å²) < 4.78 is 5.20. The van der Waals surface area contributed by atoms with E-state index >= 15 is 0 Å². The van der Waals surface area contributed by atoms with E-state index in [0.717, 1.165) is 17.5 Å². The molecule has 1 atom stereocenters. The van der Waals surface area contributed by atoms with Crippen molar-refractivity contribution in [1.29, 1.82) is 0 Å². The van der Waals surface area contributed by atoms with Gasteiger partial charge in [-0.25, -0.2) is 0 Å². The Hall–Kier alpha value is -2.04. The van der Waals surface area contributed by atoms with Gasteiger partial charge in [0.05, 0.1) is 5.92 Å². The van der Waals surface area contributed by atoms with Gasteiger partial charge in [-0.3, -0.25) is 9.78 Å². The molecule has 2 aromatic rings. The third-order valence-electron chi connectivity index (χ3n) is 3.17. The lowest BCUT2D eigenvalue weighted by Crippen LogP contribution is -2.07. The number of aromatic nitrogens is 3. The SMILES string of the molecule is CCC(=O)C(C)c1nc(-c2ccncc2CC)no1. The highest BCUT2D eigenvalue weighted by atomic mass is 16.5. The van der Waals surface area contributed by atoms with Gasteiger partial charge in [0.15, 0.2) is 0 Å². The lowest BCUT2D eigenvalue weighted by atomic mass is 10.0.